The van der Waals surface area contributed by atoms with Gasteiger partial charge in [0.15, 0.2) is 0 Å². The van der Waals surface area contributed by atoms with Gasteiger partial charge in [-0.25, -0.2) is 0 Å². The smallest absolute Gasteiger partial charge is 0.379 e. The molecule has 2 bridgehead atoms. The number of benzene rings is 1. The molecule has 0 N–H and O–H groups in total. The molecule has 2 aliphatic rings. The molecule has 7 nitrogen and oxygen atoms in total. The van der Waals surface area contributed by atoms with Crippen LogP contribution >= 0.6 is 0 Å². The maximum atomic E-state index is 13.6. The molecule has 1 fully saturated rings. The van der Waals surface area contributed by atoms with Gasteiger partial charge < -0.3 is 24.0 Å². The highest BCUT2D eigenvalue weighted by molar-refractivity contribution is 5.71. The first kappa shape index (κ1) is 29.8. The fourth-order valence-electron chi connectivity index (χ4n) is 4.39. The molecule has 2 unspecified atom stereocenters. The van der Waals surface area contributed by atoms with Gasteiger partial charge in [-0.3, -0.25) is 9.80 Å². The van der Waals surface area contributed by atoms with Crippen LogP contribution in [0.5, 0.6) is 0 Å². The lowest BCUT2D eigenvalue weighted by Gasteiger charge is -2.35. The maximum absolute atomic E-state index is 13.6. The number of alkyl halides is 6. The highest BCUT2D eigenvalue weighted by Gasteiger charge is 2.35. The van der Waals surface area contributed by atoms with Gasteiger partial charge in [0, 0.05) is 52.4 Å². The van der Waals surface area contributed by atoms with Crippen LogP contribution in [0.2, 0.25) is 0 Å². The van der Waals surface area contributed by atoms with Crippen molar-refractivity contribution in [1.29, 1.82) is 0 Å². The van der Waals surface area contributed by atoms with Crippen molar-refractivity contribution in [2.45, 2.75) is 12.4 Å². The quantitative estimate of drug-likeness (QED) is 0.420. The second kappa shape index (κ2) is 14.4. The van der Waals surface area contributed by atoms with E-state index in [1.165, 1.54) is 12.1 Å². The lowest BCUT2D eigenvalue weighted by Crippen LogP contribution is -2.44. The maximum Gasteiger partial charge on any atom is 0.405 e. The predicted molar refractivity (Wildman–Crippen MR) is 128 cm³/mol. The molecule has 13 heteroatoms. The summed E-state index contributed by atoms with van der Waals surface area (Å²) < 4.78 is 98.7. The summed E-state index contributed by atoms with van der Waals surface area (Å²) in [5.41, 5.74) is 0.254. The molecule has 212 valence electrons. The van der Waals surface area contributed by atoms with Crippen molar-refractivity contribution in [2.24, 2.45) is 0 Å². The second-order valence-electron chi connectivity index (χ2n) is 9.08. The van der Waals surface area contributed by atoms with E-state index in [1.54, 1.807) is 12.1 Å². The van der Waals surface area contributed by atoms with Gasteiger partial charge in [-0.15, -0.1) is 0 Å². The van der Waals surface area contributed by atoms with Crippen molar-refractivity contribution in [3.63, 3.8) is 0 Å². The largest absolute Gasteiger partial charge is 0.405 e. The van der Waals surface area contributed by atoms with Crippen molar-refractivity contribution in [1.82, 2.24) is 9.80 Å². The Morgan fingerprint density at radius 3 is 1.22 bits per heavy atom. The van der Waals surface area contributed by atoms with Gasteiger partial charge >= 0.3 is 12.4 Å². The second-order valence-corrected chi connectivity index (χ2v) is 9.08. The van der Waals surface area contributed by atoms with Crippen LogP contribution in [0.25, 0.3) is 0 Å². The standard InChI is InChI=1S/C24H36F6N4O3/c25-23(26,27)19-33-7-5-31-9-13-35-14-10-32(12-16-37-18-17-36-15-11-31)6-8-34(20-24(28,29)30)22-4-2-1-3-21(22)33/h1-4H,5-20H2. The number of fused-ring (bicyclic) bond motifs is 7. The molecule has 0 spiro atoms. The summed E-state index contributed by atoms with van der Waals surface area (Å²) in [7, 11) is 0. The van der Waals surface area contributed by atoms with Crippen molar-refractivity contribution in [2.75, 3.05) is 115 Å². The van der Waals surface area contributed by atoms with Crippen LogP contribution in [0.4, 0.5) is 37.7 Å². The summed E-state index contributed by atoms with van der Waals surface area (Å²) in [6, 6.07) is 6.03. The van der Waals surface area contributed by atoms with Gasteiger partial charge in [0.05, 0.1) is 51.0 Å². The number of para-hydroxylation sites is 2. The van der Waals surface area contributed by atoms with Gasteiger partial charge in [0.25, 0.3) is 0 Å². The van der Waals surface area contributed by atoms with E-state index in [0.717, 1.165) is 9.80 Å². The minimum Gasteiger partial charge on any atom is -0.379 e. The van der Waals surface area contributed by atoms with Crippen LogP contribution in [0, 0.1) is 0 Å². The fourth-order valence-corrected chi connectivity index (χ4v) is 4.39. The van der Waals surface area contributed by atoms with E-state index >= 15 is 0 Å². The zero-order valence-electron chi connectivity index (χ0n) is 20.9. The molecular weight excluding hydrogens is 506 g/mol. The first-order chi connectivity index (χ1) is 17.6. The number of hydrogen-bond acceptors (Lipinski definition) is 7. The van der Waals surface area contributed by atoms with Crippen molar-refractivity contribution in [3.8, 4) is 0 Å². The average molecular weight is 543 g/mol. The molecule has 0 aliphatic carbocycles. The van der Waals surface area contributed by atoms with Gasteiger partial charge in [0.1, 0.15) is 13.1 Å². The third-order valence-corrected chi connectivity index (χ3v) is 6.26. The number of halogens is 6. The molecule has 0 radical (unpaired) electrons. The molecule has 2 heterocycles. The number of hydrogen-bond donors (Lipinski definition) is 0. The van der Waals surface area contributed by atoms with Crippen LogP contribution in [0.3, 0.4) is 0 Å². The van der Waals surface area contributed by atoms with Crippen LogP contribution in [-0.2, 0) is 14.2 Å². The minimum absolute atomic E-state index is 0.0222. The monoisotopic (exact) mass is 542 g/mol. The third kappa shape index (κ3) is 11.2. The third-order valence-electron chi connectivity index (χ3n) is 6.26. The summed E-state index contributed by atoms with van der Waals surface area (Å²) in [4.78, 5) is 6.17. The van der Waals surface area contributed by atoms with E-state index in [2.05, 4.69) is 0 Å². The number of anilines is 2. The Morgan fingerprint density at radius 2 is 0.865 bits per heavy atom. The molecule has 2 atom stereocenters. The number of ether oxygens (including phenoxy) is 3. The predicted octanol–water partition coefficient (Wildman–Crippen LogP) is 3.11. The van der Waals surface area contributed by atoms with Crippen LogP contribution in [0.15, 0.2) is 24.3 Å². The summed E-state index contributed by atoms with van der Waals surface area (Å²) in [5.74, 6) is 0. The number of nitrogens with zero attached hydrogens (tertiary/aromatic N) is 4. The molecular formula is C24H36F6N4O3. The fraction of sp³-hybridized carbons (Fsp3) is 0.750. The van der Waals surface area contributed by atoms with E-state index in [1.807, 2.05) is 9.80 Å². The highest BCUT2D eigenvalue weighted by atomic mass is 19.4. The lowest BCUT2D eigenvalue weighted by molar-refractivity contribution is -0.121. The molecule has 0 saturated carbocycles. The minimum atomic E-state index is -4.53. The zero-order chi connectivity index (χ0) is 26.7. The van der Waals surface area contributed by atoms with Crippen LogP contribution in [-0.4, -0.2) is 127 Å². The van der Waals surface area contributed by atoms with Gasteiger partial charge in [-0.1, -0.05) is 12.1 Å². The summed E-state index contributed by atoms with van der Waals surface area (Å²) >= 11 is 0. The Labute approximate surface area is 213 Å². The normalized spacial score (nSPS) is 24.4. The Balaban J connectivity index is 1.99. The highest BCUT2D eigenvalue weighted by Crippen LogP contribution is 2.33. The van der Waals surface area contributed by atoms with Crippen LogP contribution in [0.1, 0.15) is 0 Å². The Kier molecular flexibility index (Phi) is 11.6. The van der Waals surface area contributed by atoms with Crippen LogP contribution < -0.4 is 9.80 Å². The SMILES string of the molecule is FC(F)(F)CN1CCN2CCOCCOCCN(CCOCC2)CCN(CC(F)(F)F)c2ccccc21. The van der Waals surface area contributed by atoms with E-state index in [4.69, 9.17) is 14.2 Å². The van der Waals surface area contributed by atoms with Gasteiger partial charge in [0.2, 0.25) is 0 Å². The molecule has 0 aromatic heterocycles. The van der Waals surface area contributed by atoms with E-state index in [9.17, 15) is 26.3 Å². The topological polar surface area (TPSA) is 40.6 Å². The average Bonchev–Trinajstić information content (AvgIpc) is 2.83. The Hall–Kier alpha value is -1.80. The molecule has 37 heavy (non-hydrogen) atoms. The summed E-state index contributed by atoms with van der Waals surface area (Å²) in [5, 5.41) is 0. The van der Waals surface area contributed by atoms with Crippen molar-refractivity contribution < 1.29 is 40.6 Å². The summed E-state index contributed by atoms with van der Waals surface area (Å²) in [6.45, 7) is 2.22. The zero-order valence-corrected chi connectivity index (χ0v) is 20.9. The molecule has 1 aromatic carbocycles. The molecule has 0 amide bonds. The molecule has 1 aromatic rings. The molecule has 1 saturated heterocycles. The number of rotatable bonds is 2. The van der Waals surface area contributed by atoms with Gasteiger partial charge in [-0.05, 0) is 12.1 Å². The molecule has 2 aliphatic heterocycles. The first-order valence-corrected chi connectivity index (χ1v) is 12.5. The van der Waals surface area contributed by atoms with E-state index < -0.39 is 25.4 Å². The Morgan fingerprint density at radius 1 is 0.514 bits per heavy atom. The first-order valence-electron chi connectivity index (χ1n) is 12.5. The van der Waals surface area contributed by atoms with Crippen molar-refractivity contribution in [3.05, 3.63) is 24.3 Å². The summed E-state index contributed by atoms with van der Waals surface area (Å²) in [6.07, 6.45) is -9.06. The van der Waals surface area contributed by atoms with Gasteiger partial charge in [-0.2, -0.15) is 26.3 Å². The van der Waals surface area contributed by atoms with E-state index in [0.29, 0.717) is 65.8 Å². The Bertz CT molecular complexity index is 735. The van der Waals surface area contributed by atoms with Crippen molar-refractivity contribution >= 4 is 11.4 Å². The van der Waals surface area contributed by atoms with E-state index in [-0.39, 0.29) is 37.6 Å². The lowest BCUT2D eigenvalue weighted by atomic mass is 10.2. The molecule has 3 rings (SSSR count).